The SMILES string of the molecule is O=C(O)c1cn(-c2cccc(Cl)c2Cl)c(=O)[nH]c1=O. The zero-order chi connectivity index (χ0) is 14.2. The fourth-order valence-electron chi connectivity index (χ4n) is 1.48. The lowest BCUT2D eigenvalue weighted by Crippen LogP contribution is -2.32. The van der Waals surface area contributed by atoms with Gasteiger partial charge in [-0.05, 0) is 12.1 Å². The minimum Gasteiger partial charge on any atom is -0.477 e. The predicted molar refractivity (Wildman–Crippen MR) is 69.6 cm³/mol. The van der Waals surface area contributed by atoms with Crippen molar-refractivity contribution in [3.63, 3.8) is 0 Å². The molecule has 1 heterocycles. The normalized spacial score (nSPS) is 10.4. The third kappa shape index (κ3) is 2.40. The van der Waals surface area contributed by atoms with Crippen LogP contribution in [0.1, 0.15) is 10.4 Å². The Morgan fingerprint density at radius 2 is 1.95 bits per heavy atom. The van der Waals surface area contributed by atoms with E-state index in [9.17, 15) is 14.4 Å². The maximum atomic E-state index is 11.7. The van der Waals surface area contributed by atoms with Gasteiger partial charge in [0, 0.05) is 6.20 Å². The summed E-state index contributed by atoms with van der Waals surface area (Å²) >= 11 is 11.8. The summed E-state index contributed by atoms with van der Waals surface area (Å²) in [5, 5.41) is 9.14. The lowest BCUT2D eigenvalue weighted by atomic mass is 10.3. The van der Waals surface area contributed by atoms with Crippen molar-refractivity contribution in [2.75, 3.05) is 0 Å². The van der Waals surface area contributed by atoms with Crippen LogP contribution in [0.25, 0.3) is 5.69 Å². The molecule has 0 aliphatic heterocycles. The van der Waals surface area contributed by atoms with Crippen LogP contribution in [0.15, 0.2) is 34.0 Å². The molecule has 2 aromatic rings. The zero-order valence-electron chi connectivity index (χ0n) is 9.18. The van der Waals surface area contributed by atoms with E-state index in [2.05, 4.69) is 0 Å². The van der Waals surface area contributed by atoms with Crippen LogP contribution >= 0.6 is 23.2 Å². The highest BCUT2D eigenvalue weighted by Gasteiger charge is 2.14. The summed E-state index contributed by atoms with van der Waals surface area (Å²) in [6.45, 7) is 0. The monoisotopic (exact) mass is 300 g/mol. The zero-order valence-corrected chi connectivity index (χ0v) is 10.7. The van der Waals surface area contributed by atoms with Crippen LogP contribution in [0, 0.1) is 0 Å². The smallest absolute Gasteiger partial charge is 0.342 e. The van der Waals surface area contributed by atoms with Crippen molar-refractivity contribution in [3.05, 3.63) is 60.8 Å². The van der Waals surface area contributed by atoms with E-state index in [1.807, 2.05) is 4.98 Å². The maximum absolute atomic E-state index is 11.7. The number of rotatable bonds is 2. The van der Waals surface area contributed by atoms with Crippen LogP contribution in [-0.2, 0) is 0 Å². The highest BCUT2D eigenvalue weighted by atomic mass is 35.5. The number of nitrogens with zero attached hydrogens (tertiary/aromatic N) is 1. The van der Waals surface area contributed by atoms with Crippen molar-refractivity contribution in [2.24, 2.45) is 0 Å². The van der Waals surface area contributed by atoms with Crippen LogP contribution in [0.4, 0.5) is 0 Å². The second kappa shape index (κ2) is 4.91. The average molecular weight is 301 g/mol. The van der Waals surface area contributed by atoms with Gasteiger partial charge >= 0.3 is 11.7 Å². The third-order valence-corrected chi connectivity index (χ3v) is 3.17. The number of halogens is 2. The number of aromatic nitrogens is 2. The van der Waals surface area contributed by atoms with Crippen molar-refractivity contribution in [1.82, 2.24) is 9.55 Å². The lowest BCUT2D eigenvalue weighted by Gasteiger charge is -2.08. The van der Waals surface area contributed by atoms with Crippen molar-refractivity contribution in [3.8, 4) is 5.69 Å². The summed E-state index contributed by atoms with van der Waals surface area (Å²) in [5.74, 6) is -1.45. The molecule has 1 aromatic carbocycles. The van der Waals surface area contributed by atoms with E-state index in [1.54, 1.807) is 6.07 Å². The maximum Gasteiger partial charge on any atom is 0.342 e. The van der Waals surface area contributed by atoms with Gasteiger partial charge in [-0.3, -0.25) is 14.3 Å². The highest BCUT2D eigenvalue weighted by molar-refractivity contribution is 6.43. The number of hydrogen-bond donors (Lipinski definition) is 2. The topological polar surface area (TPSA) is 92.2 Å². The van der Waals surface area contributed by atoms with E-state index in [0.717, 1.165) is 10.8 Å². The van der Waals surface area contributed by atoms with E-state index >= 15 is 0 Å². The Balaban J connectivity index is 2.80. The van der Waals surface area contributed by atoms with Gasteiger partial charge in [-0.25, -0.2) is 9.59 Å². The molecule has 1 aromatic heterocycles. The van der Waals surface area contributed by atoms with Crippen molar-refractivity contribution in [1.29, 1.82) is 0 Å². The predicted octanol–water partition coefficient (Wildman–Crippen LogP) is 1.53. The van der Waals surface area contributed by atoms with Gasteiger partial charge in [-0.2, -0.15) is 0 Å². The first-order valence-electron chi connectivity index (χ1n) is 4.95. The first-order valence-corrected chi connectivity index (χ1v) is 5.71. The molecule has 0 atom stereocenters. The fourth-order valence-corrected chi connectivity index (χ4v) is 1.87. The highest BCUT2D eigenvalue weighted by Crippen LogP contribution is 2.27. The molecule has 0 aliphatic rings. The van der Waals surface area contributed by atoms with E-state index in [0.29, 0.717) is 0 Å². The molecule has 6 nitrogen and oxygen atoms in total. The number of benzene rings is 1. The molecule has 0 aliphatic carbocycles. The summed E-state index contributed by atoms with van der Waals surface area (Å²) < 4.78 is 0.916. The fraction of sp³-hybridized carbons (Fsp3) is 0. The number of nitrogens with one attached hydrogen (secondary N) is 1. The van der Waals surface area contributed by atoms with Crippen LogP contribution < -0.4 is 11.2 Å². The Morgan fingerprint density at radius 1 is 1.26 bits per heavy atom. The molecular weight excluding hydrogens is 295 g/mol. The number of hydrogen-bond acceptors (Lipinski definition) is 3. The number of aromatic carboxylic acids is 1. The lowest BCUT2D eigenvalue weighted by molar-refractivity contribution is 0.0694. The molecule has 0 unspecified atom stereocenters. The number of aromatic amines is 1. The Morgan fingerprint density at radius 3 is 2.58 bits per heavy atom. The minimum absolute atomic E-state index is 0.0784. The second-order valence-electron chi connectivity index (χ2n) is 3.55. The molecule has 2 N–H and O–H groups in total. The van der Waals surface area contributed by atoms with Crippen molar-refractivity contribution < 1.29 is 9.90 Å². The van der Waals surface area contributed by atoms with Crippen molar-refractivity contribution in [2.45, 2.75) is 0 Å². The van der Waals surface area contributed by atoms with Crippen LogP contribution in [0.3, 0.4) is 0 Å². The first-order chi connectivity index (χ1) is 8.91. The molecule has 0 saturated heterocycles. The van der Waals surface area contributed by atoms with Gasteiger partial charge in [0.1, 0.15) is 5.56 Å². The Kier molecular flexibility index (Phi) is 3.46. The molecular formula is C11H6Cl2N2O4. The Labute approximate surface area is 115 Å². The largest absolute Gasteiger partial charge is 0.477 e. The summed E-state index contributed by atoms with van der Waals surface area (Å²) in [6, 6.07) is 4.53. The minimum atomic E-state index is -1.45. The number of carboxylic acids is 1. The molecule has 0 bridgehead atoms. The molecule has 0 spiro atoms. The number of H-pyrrole nitrogens is 1. The molecule has 19 heavy (non-hydrogen) atoms. The molecule has 0 radical (unpaired) electrons. The number of carbonyl (C=O) groups is 1. The van der Waals surface area contributed by atoms with Crippen molar-refractivity contribution >= 4 is 29.2 Å². The van der Waals surface area contributed by atoms with Crippen LogP contribution in [0.5, 0.6) is 0 Å². The van der Waals surface area contributed by atoms with E-state index < -0.39 is 22.8 Å². The summed E-state index contributed by atoms with van der Waals surface area (Å²) in [6.07, 6.45) is 0.904. The average Bonchev–Trinajstić information content (AvgIpc) is 2.33. The van der Waals surface area contributed by atoms with E-state index in [1.165, 1.54) is 12.1 Å². The van der Waals surface area contributed by atoms with Gasteiger partial charge in [0.2, 0.25) is 0 Å². The number of carboxylic acid groups (broad SMARTS) is 1. The van der Waals surface area contributed by atoms with Crippen LogP contribution in [-0.4, -0.2) is 20.6 Å². The van der Waals surface area contributed by atoms with Crippen LogP contribution in [0.2, 0.25) is 10.0 Å². The summed E-state index contributed by atoms with van der Waals surface area (Å²) in [5.41, 5.74) is -2.18. The molecule has 8 heteroatoms. The standard InChI is InChI=1S/C11H6Cl2N2O4/c12-6-2-1-3-7(8(6)13)15-4-5(10(17)18)9(16)14-11(15)19/h1-4H,(H,17,18)(H,14,16,19). The van der Waals surface area contributed by atoms with Gasteiger partial charge in [0.25, 0.3) is 5.56 Å². The molecule has 2 rings (SSSR count). The van der Waals surface area contributed by atoms with Gasteiger partial charge in [0.15, 0.2) is 0 Å². The Bertz CT molecular complexity index is 779. The van der Waals surface area contributed by atoms with E-state index in [4.69, 9.17) is 28.3 Å². The molecule has 0 fully saturated rings. The van der Waals surface area contributed by atoms with Gasteiger partial charge in [-0.1, -0.05) is 29.3 Å². The first kappa shape index (κ1) is 13.4. The van der Waals surface area contributed by atoms with Gasteiger partial charge in [-0.15, -0.1) is 0 Å². The third-order valence-electron chi connectivity index (χ3n) is 2.36. The Hall–Kier alpha value is -2.05. The van der Waals surface area contributed by atoms with Gasteiger partial charge < -0.3 is 5.11 Å². The molecule has 98 valence electrons. The molecule has 0 amide bonds. The summed E-state index contributed by atoms with van der Waals surface area (Å²) in [4.78, 5) is 35.8. The quantitative estimate of drug-likeness (QED) is 0.880. The summed E-state index contributed by atoms with van der Waals surface area (Å²) in [7, 11) is 0. The molecule has 0 saturated carbocycles. The van der Waals surface area contributed by atoms with Gasteiger partial charge in [0.05, 0.1) is 15.7 Å². The van der Waals surface area contributed by atoms with E-state index in [-0.39, 0.29) is 15.7 Å². The second-order valence-corrected chi connectivity index (χ2v) is 4.34.